The number of rotatable bonds is 9. The van der Waals surface area contributed by atoms with E-state index in [2.05, 4.69) is 5.32 Å². The lowest BCUT2D eigenvalue weighted by Crippen LogP contribution is -2.35. The number of anilines is 2. The summed E-state index contributed by atoms with van der Waals surface area (Å²) in [6.07, 6.45) is 0. The molecule has 33 heavy (non-hydrogen) atoms. The highest BCUT2D eigenvalue weighted by Crippen LogP contribution is 2.33. The molecule has 0 atom stereocenters. The first-order chi connectivity index (χ1) is 16.0. The molecule has 0 bridgehead atoms. The number of benzene rings is 2. The Morgan fingerprint density at radius 2 is 1.64 bits per heavy atom. The van der Waals surface area contributed by atoms with E-state index in [1.165, 1.54) is 16.2 Å². The lowest BCUT2D eigenvalue weighted by Gasteiger charge is -2.16. The standard InChI is InChI=1S/C25H25N3O4S/c1-27(2)18-8-6-17(7-9-18)26-23-22(21-5-4-16-33-21)24(29)28(25(23)30)14-15-32-20-12-10-19(31-3)11-13-20/h4-13,16,26H,14-15H2,1-3H3. The van der Waals surface area contributed by atoms with Gasteiger partial charge in [-0.2, -0.15) is 0 Å². The largest absolute Gasteiger partial charge is 0.497 e. The van der Waals surface area contributed by atoms with Gasteiger partial charge < -0.3 is 19.7 Å². The average molecular weight is 464 g/mol. The van der Waals surface area contributed by atoms with Gasteiger partial charge in [0.15, 0.2) is 0 Å². The second-order valence-electron chi connectivity index (χ2n) is 7.58. The molecule has 0 saturated heterocycles. The molecule has 0 unspecified atom stereocenters. The Labute approximate surface area is 196 Å². The van der Waals surface area contributed by atoms with Gasteiger partial charge in [-0.05, 0) is 60.0 Å². The van der Waals surface area contributed by atoms with E-state index in [1.807, 2.05) is 60.8 Å². The normalized spacial score (nSPS) is 13.5. The maximum absolute atomic E-state index is 13.2. The molecule has 1 N–H and O–H groups in total. The minimum Gasteiger partial charge on any atom is -0.497 e. The lowest BCUT2D eigenvalue weighted by molar-refractivity contribution is -0.137. The van der Waals surface area contributed by atoms with Crippen LogP contribution in [0.5, 0.6) is 11.5 Å². The van der Waals surface area contributed by atoms with Crippen molar-refractivity contribution in [2.45, 2.75) is 0 Å². The summed E-state index contributed by atoms with van der Waals surface area (Å²) < 4.78 is 10.9. The van der Waals surface area contributed by atoms with E-state index in [4.69, 9.17) is 9.47 Å². The van der Waals surface area contributed by atoms with Crippen molar-refractivity contribution in [1.29, 1.82) is 0 Å². The Bertz CT molecular complexity index is 1150. The van der Waals surface area contributed by atoms with Gasteiger partial charge in [0.25, 0.3) is 11.8 Å². The number of hydrogen-bond acceptors (Lipinski definition) is 7. The van der Waals surface area contributed by atoms with Gasteiger partial charge in [-0.25, -0.2) is 0 Å². The second kappa shape index (κ2) is 9.79. The summed E-state index contributed by atoms with van der Waals surface area (Å²) in [6.45, 7) is 0.329. The zero-order valence-corrected chi connectivity index (χ0v) is 19.5. The molecule has 3 aromatic rings. The number of carbonyl (C=O) groups is 2. The van der Waals surface area contributed by atoms with E-state index in [1.54, 1.807) is 31.4 Å². The van der Waals surface area contributed by atoms with Crippen LogP contribution in [0, 0.1) is 0 Å². The van der Waals surface area contributed by atoms with Crippen LogP contribution in [-0.4, -0.2) is 51.1 Å². The van der Waals surface area contributed by atoms with Crippen molar-refractivity contribution in [3.05, 3.63) is 76.6 Å². The monoisotopic (exact) mass is 463 g/mol. The van der Waals surface area contributed by atoms with E-state index in [0.29, 0.717) is 11.3 Å². The summed E-state index contributed by atoms with van der Waals surface area (Å²) in [5, 5.41) is 5.07. The third-order valence-electron chi connectivity index (χ3n) is 5.23. The molecular formula is C25H25N3O4S. The van der Waals surface area contributed by atoms with E-state index in [9.17, 15) is 9.59 Å². The topological polar surface area (TPSA) is 71.1 Å². The fraction of sp³-hybridized carbons (Fsp3) is 0.200. The molecule has 7 nitrogen and oxygen atoms in total. The van der Waals surface area contributed by atoms with Crippen molar-refractivity contribution in [1.82, 2.24) is 4.90 Å². The number of imide groups is 1. The van der Waals surface area contributed by atoms with Crippen molar-refractivity contribution < 1.29 is 19.1 Å². The van der Waals surface area contributed by atoms with E-state index < -0.39 is 0 Å². The molecule has 2 amide bonds. The summed E-state index contributed by atoms with van der Waals surface area (Å²) in [5.41, 5.74) is 2.45. The number of ether oxygens (including phenoxy) is 2. The molecule has 0 fully saturated rings. The highest BCUT2D eigenvalue weighted by Gasteiger charge is 2.39. The summed E-state index contributed by atoms with van der Waals surface area (Å²) in [4.78, 5) is 30.4. The molecule has 2 heterocycles. The third-order valence-corrected chi connectivity index (χ3v) is 6.12. The first kappa shape index (κ1) is 22.4. The van der Waals surface area contributed by atoms with Crippen LogP contribution in [0.3, 0.4) is 0 Å². The molecule has 0 aliphatic carbocycles. The van der Waals surface area contributed by atoms with Crippen LogP contribution in [0.25, 0.3) is 5.57 Å². The molecule has 8 heteroatoms. The van der Waals surface area contributed by atoms with Crippen LogP contribution in [0.2, 0.25) is 0 Å². The number of hydrogen-bond donors (Lipinski definition) is 1. The predicted molar refractivity (Wildman–Crippen MR) is 131 cm³/mol. The molecule has 1 aromatic heterocycles. The van der Waals surface area contributed by atoms with Crippen molar-refractivity contribution in [3.8, 4) is 11.5 Å². The van der Waals surface area contributed by atoms with Crippen LogP contribution in [-0.2, 0) is 9.59 Å². The molecule has 1 aliphatic rings. The van der Waals surface area contributed by atoms with Gasteiger partial charge in [0.1, 0.15) is 23.8 Å². The van der Waals surface area contributed by atoms with Gasteiger partial charge in [-0.1, -0.05) is 6.07 Å². The van der Waals surface area contributed by atoms with Gasteiger partial charge in [-0.15, -0.1) is 11.3 Å². The predicted octanol–water partition coefficient (Wildman–Crippen LogP) is 4.09. The van der Waals surface area contributed by atoms with Gasteiger partial charge in [0.2, 0.25) is 0 Å². The number of nitrogens with zero attached hydrogens (tertiary/aromatic N) is 2. The summed E-state index contributed by atoms with van der Waals surface area (Å²) in [6, 6.07) is 18.6. The second-order valence-corrected chi connectivity index (χ2v) is 8.53. The minimum absolute atomic E-state index is 0.142. The SMILES string of the molecule is COc1ccc(OCCN2C(=O)C(Nc3ccc(N(C)C)cc3)=C(c3cccs3)C2=O)cc1. The Hall–Kier alpha value is -3.78. The fourth-order valence-corrected chi connectivity index (χ4v) is 4.23. The molecule has 2 aromatic carbocycles. The Morgan fingerprint density at radius 1 is 0.939 bits per heavy atom. The number of methoxy groups -OCH3 is 1. The summed E-state index contributed by atoms with van der Waals surface area (Å²) in [5.74, 6) is 0.679. The van der Waals surface area contributed by atoms with Crippen molar-refractivity contribution in [3.63, 3.8) is 0 Å². The fourth-order valence-electron chi connectivity index (χ4n) is 3.46. The smallest absolute Gasteiger partial charge is 0.278 e. The quantitative estimate of drug-likeness (QED) is 0.482. The Morgan fingerprint density at radius 3 is 2.24 bits per heavy atom. The zero-order valence-electron chi connectivity index (χ0n) is 18.7. The molecule has 4 rings (SSSR count). The lowest BCUT2D eigenvalue weighted by atomic mass is 10.2. The van der Waals surface area contributed by atoms with E-state index >= 15 is 0 Å². The third kappa shape index (κ3) is 4.85. The number of carbonyl (C=O) groups excluding carboxylic acids is 2. The number of amides is 2. The van der Waals surface area contributed by atoms with Gasteiger partial charge >= 0.3 is 0 Å². The maximum atomic E-state index is 13.2. The highest BCUT2D eigenvalue weighted by atomic mass is 32.1. The van der Waals surface area contributed by atoms with Crippen LogP contribution in [0.4, 0.5) is 11.4 Å². The van der Waals surface area contributed by atoms with Crippen molar-refractivity contribution in [2.75, 3.05) is 44.6 Å². The van der Waals surface area contributed by atoms with Crippen molar-refractivity contribution in [2.24, 2.45) is 0 Å². The molecule has 0 radical (unpaired) electrons. The average Bonchev–Trinajstić information content (AvgIpc) is 3.42. The summed E-state index contributed by atoms with van der Waals surface area (Å²) in [7, 11) is 5.52. The first-order valence-electron chi connectivity index (χ1n) is 10.4. The van der Waals surface area contributed by atoms with E-state index in [0.717, 1.165) is 22.0 Å². The van der Waals surface area contributed by atoms with Gasteiger partial charge in [0, 0.05) is 30.3 Å². The first-order valence-corrected chi connectivity index (χ1v) is 11.3. The van der Waals surface area contributed by atoms with Crippen LogP contribution in [0.1, 0.15) is 4.88 Å². The molecule has 1 aliphatic heterocycles. The molecule has 0 saturated carbocycles. The zero-order chi connectivity index (χ0) is 23.4. The van der Waals surface area contributed by atoms with Crippen molar-refractivity contribution >= 4 is 40.1 Å². The van der Waals surface area contributed by atoms with Gasteiger partial charge in [0.05, 0.1) is 19.2 Å². The maximum Gasteiger partial charge on any atom is 0.278 e. The van der Waals surface area contributed by atoms with Crippen LogP contribution >= 0.6 is 11.3 Å². The van der Waals surface area contributed by atoms with Crippen LogP contribution in [0.15, 0.2) is 71.7 Å². The van der Waals surface area contributed by atoms with E-state index in [-0.39, 0.29) is 30.7 Å². The Balaban J connectivity index is 1.51. The highest BCUT2D eigenvalue weighted by molar-refractivity contribution is 7.11. The number of nitrogens with one attached hydrogen (secondary N) is 1. The number of thiophene rings is 1. The Kier molecular flexibility index (Phi) is 6.65. The minimum atomic E-state index is -0.363. The molecule has 170 valence electrons. The van der Waals surface area contributed by atoms with Crippen LogP contribution < -0.4 is 19.7 Å². The molecule has 0 spiro atoms. The molecular weight excluding hydrogens is 438 g/mol. The summed E-state index contributed by atoms with van der Waals surface area (Å²) >= 11 is 1.43. The van der Waals surface area contributed by atoms with Gasteiger partial charge in [-0.3, -0.25) is 14.5 Å².